The van der Waals surface area contributed by atoms with E-state index >= 15 is 0 Å². The van der Waals surface area contributed by atoms with Crippen LogP contribution in [0.1, 0.15) is 30.9 Å². The van der Waals surface area contributed by atoms with Crippen molar-refractivity contribution in [3.63, 3.8) is 0 Å². The molecule has 1 aromatic rings. The van der Waals surface area contributed by atoms with E-state index in [0.717, 1.165) is 18.4 Å². The minimum atomic E-state index is -0.746. The number of rotatable bonds is 7. The highest BCUT2D eigenvalue weighted by atomic mass is 16.4. The Morgan fingerprint density at radius 2 is 1.63 bits per heavy atom. The Hall–Kier alpha value is -1.84. The van der Waals surface area contributed by atoms with Crippen molar-refractivity contribution >= 4 is 11.9 Å². The van der Waals surface area contributed by atoms with E-state index in [1.54, 1.807) is 18.9 Å². The predicted molar refractivity (Wildman–Crippen MR) is 74.0 cm³/mol. The third kappa shape index (κ3) is 6.04. The summed E-state index contributed by atoms with van der Waals surface area (Å²) in [4.78, 5) is 23.2. The molecule has 0 heterocycles. The minimum absolute atomic E-state index is 0.0743. The normalized spacial score (nSPS) is 10.2. The van der Waals surface area contributed by atoms with Crippen LogP contribution in [0.3, 0.4) is 0 Å². The summed E-state index contributed by atoms with van der Waals surface area (Å²) in [6.45, 7) is 2.28. The van der Waals surface area contributed by atoms with E-state index in [-0.39, 0.29) is 12.3 Å². The number of aliphatic carboxylic acids is 1. The van der Waals surface area contributed by atoms with Crippen LogP contribution in [0.5, 0.6) is 0 Å². The molecule has 1 N–H and O–H groups in total. The molecule has 0 aliphatic heterocycles. The Morgan fingerprint density at radius 1 is 1.11 bits per heavy atom. The third-order valence-electron chi connectivity index (χ3n) is 3.15. The van der Waals surface area contributed by atoms with Crippen LogP contribution in [-0.2, 0) is 22.4 Å². The van der Waals surface area contributed by atoms with Gasteiger partial charge in [-0.3, -0.25) is 9.59 Å². The van der Waals surface area contributed by atoms with Crippen LogP contribution in [0.4, 0.5) is 0 Å². The number of aryl methyl sites for hydroxylation is 1. The first kappa shape index (κ1) is 15.2. The molecule has 0 fully saturated rings. The lowest BCUT2D eigenvalue weighted by Crippen LogP contribution is -2.26. The number of carboxylic acid groups (broad SMARTS) is 1. The number of carboxylic acids is 1. The van der Waals surface area contributed by atoms with E-state index in [2.05, 4.69) is 0 Å². The summed E-state index contributed by atoms with van der Waals surface area (Å²) >= 11 is 0. The summed E-state index contributed by atoms with van der Waals surface area (Å²) in [7, 11) is 1.79. The van der Waals surface area contributed by atoms with Crippen molar-refractivity contribution in [2.45, 2.75) is 32.6 Å². The van der Waals surface area contributed by atoms with Crippen LogP contribution in [-0.4, -0.2) is 35.5 Å². The van der Waals surface area contributed by atoms with Gasteiger partial charge in [0.2, 0.25) is 5.91 Å². The second-order valence-corrected chi connectivity index (χ2v) is 4.75. The van der Waals surface area contributed by atoms with Crippen LogP contribution in [0.15, 0.2) is 24.3 Å². The fourth-order valence-electron chi connectivity index (χ4n) is 1.77. The Bertz CT molecular complexity index is 426. The van der Waals surface area contributed by atoms with Crippen molar-refractivity contribution in [2.24, 2.45) is 0 Å². The Balaban J connectivity index is 2.39. The molecule has 0 saturated carbocycles. The second kappa shape index (κ2) is 7.56. The monoisotopic (exact) mass is 263 g/mol. The lowest BCUT2D eigenvalue weighted by Gasteiger charge is -2.14. The molecule has 0 radical (unpaired) electrons. The molecule has 0 spiro atoms. The lowest BCUT2D eigenvalue weighted by atomic mass is 10.0. The van der Waals surface area contributed by atoms with Gasteiger partial charge in [0.15, 0.2) is 0 Å². The number of amides is 1. The average Bonchev–Trinajstić information content (AvgIpc) is 2.37. The number of nitrogens with zero attached hydrogens (tertiary/aromatic N) is 1. The number of hydrogen-bond donors (Lipinski definition) is 1. The molecule has 0 bridgehead atoms. The standard InChI is InChI=1S/C15H21NO3/c1-12(17)16(2)11-10-14-8-6-13(7-9-14)4-3-5-15(18)19/h6-9H,3-5,10-11H2,1-2H3,(H,18,19). The Labute approximate surface area is 114 Å². The van der Waals surface area contributed by atoms with Gasteiger partial charge in [-0.2, -0.15) is 0 Å². The molecule has 1 rings (SSSR count). The minimum Gasteiger partial charge on any atom is -0.481 e. The van der Waals surface area contributed by atoms with E-state index in [0.29, 0.717) is 13.0 Å². The van der Waals surface area contributed by atoms with Crippen molar-refractivity contribution in [1.29, 1.82) is 0 Å². The number of carbonyl (C=O) groups is 2. The van der Waals surface area contributed by atoms with Crippen molar-refractivity contribution in [2.75, 3.05) is 13.6 Å². The molecule has 0 aliphatic rings. The quantitative estimate of drug-likeness (QED) is 0.819. The highest BCUT2D eigenvalue weighted by Crippen LogP contribution is 2.09. The van der Waals surface area contributed by atoms with E-state index in [1.807, 2.05) is 24.3 Å². The third-order valence-corrected chi connectivity index (χ3v) is 3.15. The van der Waals surface area contributed by atoms with Crippen molar-refractivity contribution in [3.05, 3.63) is 35.4 Å². The van der Waals surface area contributed by atoms with Gasteiger partial charge in [0.1, 0.15) is 0 Å². The molecule has 1 aromatic carbocycles. The van der Waals surface area contributed by atoms with Gasteiger partial charge < -0.3 is 10.0 Å². The molecular weight excluding hydrogens is 242 g/mol. The zero-order valence-corrected chi connectivity index (χ0v) is 11.6. The van der Waals surface area contributed by atoms with E-state index in [4.69, 9.17) is 5.11 Å². The predicted octanol–water partition coefficient (Wildman–Crippen LogP) is 2.11. The second-order valence-electron chi connectivity index (χ2n) is 4.75. The van der Waals surface area contributed by atoms with Gasteiger partial charge in [0, 0.05) is 26.9 Å². The first-order valence-corrected chi connectivity index (χ1v) is 6.50. The molecule has 4 heteroatoms. The fraction of sp³-hybridized carbons (Fsp3) is 0.467. The zero-order valence-electron chi connectivity index (χ0n) is 11.6. The molecule has 4 nitrogen and oxygen atoms in total. The maximum atomic E-state index is 11.1. The number of carbonyl (C=O) groups excluding carboxylic acids is 1. The summed E-state index contributed by atoms with van der Waals surface area (Å²) in [6, 6.07) is 8.16. The molecule has 1 amide bonds. The Morgan fingerprint density at radius 3 is 2.11 bits per heavy atom. The van der Waals surface area contributed by atoms with Crippen molar-refractivity contribution < 1.29 is 14.7 Å². The smallest absolute Gasteiger partial charge is 0.303 e. The summed E-state index contributed by atoms with van der Waals surface area (Å²) in [6.07, 6.45) is 2.51. The summed E-state index contributed by atoms with van der Waals surface area (Å²) in [5.74, 6) is -0.672. The number of hydrogen-bond acceptors (Lipinski definition) is 2. The van der Waals surface area contributed by atoms with E-state index in [1.165, 1.54) is 5.56 Å². The number of benzene rings is 1. The highest BCUT2D eigenvalue weighted by Gasteiger charge is 2.03. The Kier molecular flexibility index (Phi) is 6.06. The van der Waals surface area contributed by atoms with Gasteiger partial charge in [-0.1, -0.05) is 24.3 Å². The van der Waals surface area contributed by atoms with Gasteiger partial charge in [-0.25, -0.2) is 0 Å². The molecule has 0 saturated heterocycles. The molecule has 104 valence electrons. The lowest BCUT2D eigenvalue weighted by molar-refractivity contribution is -0.137. The maximum absolute atomic E-state index is 11.1. The summed E-state index contributed by atoms with van der Waals surface area (Å²) in [5.41, 5.74) is 2.35. The molecule has 19 heavy (non-hydrogen) atoms. The molecule has 0 atom stereocenters. The summed E-state index contributed by atoms with van der Waals surface area (Å²) in [5, 5.41) is 8.57. The molecule has 0 aromatic heterocycles. The van der Waals surface area contributed by atoms with Crippen LogP contribution in [0, 0.1) is 0 Å². The topological polar surface area (TPSA) is 57.6 Å². The van der Waals surface area contributed by atoms with Crippen molar-refractivity contribution in [1.82, 2.24) is 4.90 Å². The summed E-state index contributed by atoms with van der Waals surface area (Å²) < 4.78 is 0. The van der Waals surface area contributed by atoms with E-state index < -0.39 is 5.97 Å². The fourth-order valence-corrected chi connectivity index (χ4v) is 1.77. The van der Waals surface area contributed by atoms with Crippen LogP contribution < -0.4 is 0 Å². The first-order chi connectivity index (χ1) is 8.99. The zero-order chi connectivity index (χ0) is 14.3. The van der Waals surface area contributed by atoms with Crippen LogP contribution in [0.25, 0.3) is 0 Å². The van der Waals surface area contributed by atoms with Gasteiger partial charge in [0.05, 0.1) is 0 Å². The SMILES string of the molecule is CC(=O)N(C)CCc1ccc(CCCC(=O)O)cc1. The van der Waals surface area contributed by atoms with Crippen LogP contribution >= 0.6 is 0 Å². The first-order valence-electron chi connectivity index (χ1n) is 6.50. The average molecular weight is 263 g/mol. The van der Waals surface area contributed by atoms with Gasteiger partial charge in [-0.15, -0.1) is 0 Å². The highest BCUT2D eigenvalue weighted by molar-refractivity contribution is 5.72. The maximum Gasteiger partial charge on any atom is 0.303 e. The largest absolute Gasteiger partial charge is 0.481 e. The van der Waals surface area contributed by atoms with E-state index in [9.17, 15) is 9.59 Å². The number of likely N-dealkylation sites (N-methyl/N-ethyl adjacent to an activating group) is 1. The molecule has 0 unspecified atom stereocenters. The van der Waals surface area contributed by atoms with Crippen molar-refractivity contribution in [3.8, 4) is 0 Å². The van der Waals surface area contributed by atoms with Gasteiger partial charge in [0.25, 0.3) is 0 Å². The van der Waals surface area contributed by atoms with Gasteiger partial charge >= 0.3 is 5.97 Å². The van der Waals surface area contributed by atoms with Gasteiger partial charge in [-0.05, 0) is 30.4 Å². The molecule has 0 aliphatic carbocycles. The molecular formula is C15H21NO3. The van der Waals surface area contributed by atoms with Crippen LogP contribution in [0.2, 0.25) is 0 Å².